The average Bonchev–Trinajstić information content (AvgIpc) is 2.46. The molecule has 0 aromatic carbocycles. The maximum absolute atomic E-state index is 13.9. The van der Waals surface area contributed by atoms with Crippen molar-refractivity contribution in [2.75, 3.05) is 0 Å². The summed E-state index contributed by atoms with van der Waals surface area (Å²) in [5.41, 5.74) is 0. The third kappa shape index (κ3) is 4.73. The average molecular weight is 329 g/mol. The van der Waals surface area contributed by atoms with Crippen molar-refractivity contribution in [2.45, 2.75) is 63.6 Å². The van der Waals surface area contributed by atoms with E-state index in [9.17, 15) is 18.0 Å². The molecule has 0 aliphatic heterocycles. The quantitative estimate of drug-likeness (QED) is 0.584. The molecule has 0 amide bonds. The summed E-state index contributed by atoms with van der Waals surface area (Å²) in [5.74, 6) is -2.30. The van der Waals surface area contributed by atoms with Crippen LogP contribution in [0.4, 0.5) is 13.2 Å². The van der Waals surface area contributed by atoms with Gasteiger partial charge in [0.2, 0.25) is 0 Å². The molecule has 3 nitrogen and oxygen atoms in total. The second-order valence-corrected chi connectivity index (χ2v) is 6.67. The highest BCUT2D eigenvalue weighted by atomic mass is 19.1. The van der Waals surface area contributed by atoms with Gasteiger partial charge in [-0.05, 0) is 31.6 Å². The van der Waals surface area contributed by atoms with Crippen molar-refractivity contribution in [1.82, 2.24) is 0 Å². The number of alkyl halides is 3. The van der Waals surface area contributed by atoms with E-state index < -0.39 is 42.4 Å². The lowest BCUT2D eigenvalue weighted by atomic mass is 9.80. The Bertz CT molecular complexity index is 479. The lowest BCUT2D eigenvalue weighted by Crippen LogP contribution is -2.34. The summed E-state index contributed by atoms with van der Waals surface area (Å²) in [5, 5.41) is 8.75. The van der Waals surface area contributed by atoms with Crippen molar-refractivity contribution < 1.29 is 22.7 Å². The molecule has 0 spiro atoms. The Balaban J connectivity index is 1.84. The van der Waals surface area contributed by atoms with E-state index >= 15 is 0 Å². The molecule has 2 aliphatic carbocycles. The van der Waals surface area contributed by atoms with Gasteiger partial charge in [0, 0.05) is 18.4 Å². The van der Waals surface area contributed by atoms with Gasteiger partial charge in [-0.3, -0.25) is 0 Å². The third-order valence-electron chi connectivity index (χ3n) is 4.72. The topological polar surface area (TPSA) is 50.1 Å². The standard InChI is InChI=1S/C17H22F3NO2/c1-10-6-15(19)13(16(20)7-10)4-5-17(22)23-12-3-2-11(9-21)14(18)8-12/h4-5,10-16H,2-3,6-8H2,1H3. The van der Waals surface area contributed by atoms with E-state index in [1.807, 2.05) is 6.07 Å². The molecule has 2 rings (SSSR count). The van der Waals surface area contributed by atoms with Crippen molar-refractivity contribution in [3.8, 4) is 6.07 Å². The molecule has 2 aliphatic rings. The molecule has 2 fully saturated rings. The predicted molar refractivity (Wildman–Crippen MR) is 78.6 cm³/mol. The van der Waals surface area contributed by atoms with Crippen LogP contribution in [0.15, 0.2) is 12.2 Å². The molecule has 6 heteroatoms. The lowest BCUT2D eigenvalue weighted by Gasteiger charge is -2.31. The van der Waals surface area contributed by atoms with Gasteiger partial charge in [-0.2, -0.15) is 5.26 Å². The number of rotatable bonds is 3. The highest BCUT2D eigenvalue weighted by Gasteiger charge is 2.36. The molecule has 2 saturated carbocycles. The van der Waals surface area contributed by atoms with Gasteiger partial charge in [-0.25, -0.2) is 18.0 Å². The molecule has 0 bridgehead atoms. The summed E-state index contributed by atoms with van der Waals surface area (Å²) in [7, 11) is 0. The first kappa shape index (κ1) is 17.8. The van der Waals surface area contributed by atoms with E-state index in [1.54, 1.807) is 6.92 Å². The Morgan fingerprint density at radius 2 is 1.78 bits per heavy atom. The van der Waals surface area contributed by atoms with Crippen LogP contribution in [0.25, 0.3) is 0 Å². The summed E-state index contributed by atoms with van der Waals surface area (Å²) in [6.07, 6.45) is -0.884. The predicted octanol–water partition coefficient (Wildman–Crippen LogP) is 3.84. The van der Waals surface area contributed by atoms with E-state index in [-0.39, 0.29) is 25.2 Å². The zero-order valence-corrected chi connectivity index (χ0v) is 13.1. The number of esters is 1. The fourth-order valence-corrected chi connectivity index (χ4v) is 3.37. The summed E-state index contributed by atoms with van der Waals surface area (Å²) in [4.78, 5) is 11.7. The Kier molecular flexibility index (Phi) is 6.09. The first-order chi connectivity index (χ1) is 10.9. The number of ether oxygens (including phenoxy) is 1. The highest BCUT2D eigenvalue weighted by molar-refractivity contribution is 5.82. The molecule has 23 heavy (non-hydrogen) atoms. The van der Waals surface area contributed by atoms with Crippen LogP contribution < -0.4 is 0 Å². The smallest absolute Gasteiger partial charge is 0.330 e. The van der Waals surface area contributed by atoms with E-state index in [0.29, 0.717) is 12.8 Å². The molecule has 0 N–H and O–H groups in total. The maximum Gasteiger partial charge on any atom is 0.330 e. The summed E-state index contributed by atoms with van der Waals surface area (Å²) >= 11 is 0. The highest BCUT2D eigenvalue weighted by Crippen LogP contribution is 2.34. The zero-order chi connectivity index (χ0) is 17.0. The van der Waals surface area contributed by atoms with Crippen molar-refractivity contribution >= 4 is 5.97 Å². The van der Waals surface area contributed by atoms with Crippen molar-refractivity contribution in [3.63, 3.8) is 0 Å². The molecule has 5 unspecified atom stereocenters. The first-order valence-corrected chi connectivity index (χ1v) is 8.11. The molecule has 0 aromatic rings. The molecule has 0 heterocycles. The maximum atomic E-state index is 13.9. The molecule has 0 aromatic heterocycles. The number of halogens is 3. The SMILES string of the molecule is CC1CC(F)C(C=CC(=O)OC2CCC(C#N)C(F)C2)C(F)C1. The van der Waals surface area contributed by atoms with Gasteiger partial charge in [-0.15, -0.1) is 0 Å². The second kappa shape index (κ2) is 7.85. The van der Waals surface area contributed by atoms with Crippen LogP contribution in [0.2, 0.25) is 0 Å². The van der Waals surface area contributed by atoms with Crippen LogP contribution >= 0.6 is 0 Å². The Labute approximate surface area is 134 Å². The van der Waals surface area contributed by atoms with E-state index in [2.05, 4.69) is 0 Å². The monoisotopic (exact) mass is 329 g/mol. The second-order valence-electron chi connectivity index (χ2n) is 6.67. The van der Waals surface area contributed by atoms with Gasteiger partial charge in [-0.1, -0.05) is 13.0 Å². The van der Waals surface area contributed by atoms with E-state index in [0.717, 1.165) is 6.08 Å². The van der Waals surface area contributed by atoms with Gasteiger partial charge in [0.15, 0.2) is 0 Å². The van der Waals surface area contributed by atoms with Gasteiger partial charge in [0.25, 0.3) is 0 Å². The first-order valence-electron chi connectivity index (χ1n) is 8.11. The lowest BCUT2D eigenvalue weighted by molar-refractivity contribution is -0.145. The molecule has 5 atom stereocenters. The van der Waals surface area contributed by atoms with Crippen molar-refractivity contribution in [3.05, 3.63) is 12.2 Å². The van der Waals surface area contributed by atoms with Gasteiger partial charge in [0.1, 0.15) is 24.6 Å². The summed E-state index contributed by atoms with van der Waals surface area (Å²) < 4.78 is 46.5. The molecule has 0 radical (unpaired) electrons. The van der Waals surface area contributed by atoms with E-state index in [4.69, 9.17) is 10.00 Å². The number of nitrogens with zero attached hydrogens (tertiary/aromatic N) is 1. The van der Waals surface area contributed by atoms with Crippen LogP contribution in [0.5, 0.6) is 0 Å². The van der Waals surface area contributed by atoms with Gasteiger partial charge >= 0.3 is 5.97 Å². The van der Waals surface area contributed by atoms with Crippen LogP contribution in [0, 0.1) is 29.1 Å². The Hall–Kier alpha value is -1.51. The van der Waals surface area contributed by atoms with Crippen LogP contribution in [-0.4, -0.2) is 30.6 Å². The zero-order valence-electron chi connectivity index (χ0n) is 13.1. The fourth-order valence-electron chi connectivity index (χ4n) is 3.37. The number of nitriles is 1. The minimum atomic E-state index is -1.31. The molecule has 128 valence electrons. The van der Waals surface area contributed by atoms with Crippen molar-refractivity contribution in [2.24, 2.45) is 17.8 Å². The number of allylic oxidation sites excluding steroid dienone is 1. The largest absolute Gasteiger partial charge is 0.459 e. The number of carbonyl (C=O) groups is 1. The number of hydrogen-bond acceptors (Lipinski definition) is 3. The number of carbonyl (C=O) groups excluding carboxylic acids is 1. The Morgan fingerprint density at radius 3 is 2.35 bits per heavy atom. The molecular formula is C17H22F3NO2. The van der Waals surface area contributed by atoms with Crippen LogP contribution in [-0.2, 0) is 9.53 Å². The molecular weight excluding hydrogens is 307 g/mol. The van der Waals surface area contributed by atoms with Crippen LogP contribution in [0.1, 0.15) is 39.0 Å². The normalized spacial score (nSPS) is 41.4. The summed E-state index contributed by atoms with van der Waals surface area (Å²) in [6.45, 7) is 1.80. The minimum Gasteiger partial charge on any atom is -0.459 e. The number of hydrogen-bond donors (Lipinski definition) is 0. The van der Waals surface area contributed by atoms with Gasteiger partial charge in [0.05, 0.1) is 12.0 Å². The van der Waals surface area contributed by atoms with Crippen molar-refractivity contribution in [1.29, 1.82) is 5.26 Å². The van der Waals surface area contributed by atoms with E-state index in [1.165, 1.54) is 6.08 Å². The van der Waals surface area contributed by atoms with Crippen LogP contribution in [0.3, 0.4) is 0 Å². The molecule has 0 saturated heterocycles. The fraction of sp³-hybridized carbons (Fsp3) is 0.765. The summed E-state index contributed by atoms with van der Waals surface area (Å²) in [6, 6.07) is 1.90. The minimum absolute atomic E-state index is 0.00375. The Morgan fingerprint density at radius 1 is 1.13 bits per heavy atom. The third-order valence-corrected chi connectivity index (χ3v) is 4.72. The van der Waals surface area contributed by atoms with Gasteiger partial charge < -0.3 is 4.74 Å².